The number of hydrogen-bond acceptors (Lipinski definition) is 5. The maximum absolute atomic E-state index is 12.1. The first-order valence-electron chi connectivity index (χ1n) is 9.86. The van der Waals surface area contributed by atoms with Crippen molar-refractivity contribution in [1.29, 1.82) is 5.41 Å². The summed E-state index contributed by atoms with van der Waals surface area (Å²) in [5.41, 5.74) is 8.21. The minimum absolute atomic E-state index is 0.0422. The first-order valence-corrected chi connectivity index (χ1v) is 9.86. The molecule has 0 bridgehead atoms. The number of esters is 1. The Bertz CT molecular complexity index is 924. The van der Waals surface area contributed by atoms with E-state index in [-0.39, 0.29) is 35.7 Å². The van der Waals surface area contributed by atoms with Crippen molar-refractivity contribution < 1.29 is 19.1 Å². The lowest BCUT2D eigenvalue weighted by Gasteiger charge is -2.27. The van der Waals surface area contributed by atoms with Gasteiger partial charge in [-0.05, 0) is 36.6 Å². The van der Waals surface area contributed by atoms with Crippen molar-refractivity contribution >= 4 is 17.7 Å². The lowest BCUT2D eigenvalue weighted by Crippen LogP contribution is -2.42. The number of nitrogens with zero attached hydrogens (tertiary/aromatic N) is 1. The maximum atomic E-state index is 12.1. The number of ether oxygens (including phenoxy) is 2. The molecule has 1 aliphatic heterocycles. The Morgan fingerprint density at radius 3 is 2.17 bits per heavy atom. The molecule has 3 atom stereocenters. The molecule has 0 aliphatic carbocycles. The van der Waals surface area contributed by atoms with E-state index in [2.05, 4.69) is 0 Å². The average molecular weight is 409 g/mol. The molecule has 1 aliphatic rings. The van der Waals surface area contributed by atoms with Crippen molar-refractivity contribution in [3.8, 4) is 16.9 Å². The number of rotatable bonds is 6. The van der Waals surface area contributed by atoms with Crippen molar-refractivity contribution in [2.45, 2.75) is 32.4 Å². The molecule has 2 aromatic carbocycles. The smallest absolute Gasteiger partial charge is 0.310 e. The average Bonchev–Trinajstić information content (AvgIpc) is 3.08. The second-order valence-corrected chi connectivity index (χ2v) is 7.51. The van der Waals surface area contributed by atoms with E-state index in [9.17, 15) is 9.59 Å². The molecule has 7 nitrogen and oxygen atoms in total. The monoisotopic (exact) mass is 409 g/mol. The number of likely N-dealkylation sites (tertiary alicyclic amines) is 1. The van der Waals surface area contributed by atoms with Crippen molar-refractivity contribution in [1.82, 2.24) is 4.90 Å². The molecule has 1 heterocycles. The molecular weight excluding hydrogens is 382 g/mol. The Morgan fingerprint density at radius 2 is 1.67 bits per heavy atom. The van der Waals surface area contributed by atoms with Crippen LogP contribution in [0.4, 0.5) is 0 Å². The van der Waals surface area contributed by atoms with Gasteiger partial charge in [-0.15, -0.1) is 0 Å². The number of amides is 1. The Balaban J connectivity index is 1.66. The predicted molar refractivity (Wildman–Crippen MR) is 114 cm³/mol. The zero-order chi connectivity index (χ0) is 21.8. The number of methoxy groups -OCH3 is 1. The second kappa shape index (κ2) is 8.98. The van der Waals surface area contributed by atoms with Gasteiger partial charge in [0, 0.05) is 18.5 Å². The summed E-state index contributed by atoms with van der Waals surface area (Å²) in [6.07, 6.45) is 0.522. The molecule has 3 N–H and O–H groups in total. The normalized spacial score (nSPS) is 20.6. The van der Waals surface area contributed by atoms with Gasteiger partial charge < -0.3 is 20.1 Å². The first-order chi connectivity index (χ1) is 14.3. The molecular formula is C23H27N3O4. The summed E-state index contributed by atoms with van der Waals surface area (Å²) in [4.78, 5) is 25.8. The maximum Gasteiger partial charge on any atom is 0.310 e. The van der Waals surface area contributed by atoms with E-state index >= 15 is 0 Å². The van der Waals surface area contributed by atoms with Crippen LogP contribution in [0.15, 0.2) is 48.5 Å². The van der Waals surface area contributed by atoms with Crippen LogP contribution in [0.5, 0.6) is 5.75 Å². The largest absolute Gasteiger partial charge is 0.491 e. The molecule has 0 radical (unpaired) electrons. The topological polar surface area (TPSA) is 106 Å². The molecule has 30 heavy (non-hydrogen) atoms. The van der Waals surface area contributed by atoms with Crippen LogP contribution in [0.25, 0.3) is 11.1 Å². The van der Waals surface area contributed by atoms with Crippen molar-refractivity contribution in [2.24, 2.45) is 11.7 Å². The fraction of sp³-hybridized carbons (Fsp3) is 0.348. The van der Waals surface area contributed by atoms with Crippen LogP contribution in [0.1, 0.15) is 25.8 Å². The molecule has 2 aromatic rings. The molecule has 0 aromatic heterocycles. The molecule has 0 saturated carbocycles. The highest BCUT2D eigenvalue weighted by atomic mass is 16.5. The highest BCUT2D eigenvalue weighted by Crippen LogP contribution is 2.31. The van der Waals surface area contributed by atoms with Crippen LogP contribution in [-0.4, -0.2) is 48.4 Å². The molecule has 3 rings (SSSR count). The number of benzene rings is 2. The van der Waals surface area contributed by atoms with Gasteiger partial charge in [0.05, 0.1) is 19.1 Å². The number of carbonyl (C=O) groups is 2. The van der Waals surface area contributed by atoms with E-state index in [1.54, 1.807) is 4.90 Å². The third-order valence-electron chi connectivity index (χ3n) is 5.63. The number of hydrogen-bond donors (Lipinski definition) is 2. The van der Waals surface area contributed by atoms with Gasteiger partial charge in [-0.3, -0.25) is 15.0 Å². The standard InChI is InChI=1S/C23H27N3O4/c1-14-21(23(28)29-3)12-19(26(14)15(2)27)13-30-20-10-8-17(9-11-20)16-4-6-18(7-5-16)22(24)25/h4-11,14,19,21H,12-13H2,1-3H3,(H3,24,25)/t14?,19-,21-/m0/s1. The van der Waals surface area contributed by atoms with Crippen LogP contribution < -0.4 is 10.5 Å². The van der Waals surface area contributed by atoms with Crippen LogP contribution >= 0.6 is 0 Å². The van der Waals surface area contributed by atoms with Crippen molar-refractivity contribution in [2.75, 3.05) is 13.7 Å². The molecule has 1 amide bonds. The fourth-order valence-electron chi connectivity index (χ4n) is 4.05. The summed E-state index contributed by atoms with van der Waals surface area (Å²) in [6, 6.07) is 14.7. The van der Waals surface area contributed by atoms with Gasteiger partial charge in [0.1, 0.15) is 18.2 Å². The number of nitrogens with two attached hydrogens (primary N) is 1. The molecule has 1 saturated heterocycles. The van der Waals surface area contributed by atoms with E-state index < -0.39 is 0 Å². The highest BCUT2D eigenvalue weighted by molar-refractivity contribution is 5.95. The van der Waals surface area contributed by atoms with Gasteiger partial charge in [0.15, 0.2) is 0 Å². The summed E-state index contributed by atoms with van der Waals surface area (Å²) in [7, 11) is 1.37. The summed E-state index contributed by atoms with van der Waals surface area (Å²) in [6.45, 7) is 3.69. The second-order valence-electron chi connectivity index (χ2n) is 7.51. The Kier molecular flexibility index (Phi) is 6.40. The van der Waals surface area contributed by atoms with Crippen molar-refractivity contribution in [3.05, 3.63) is 54.1 Å². The molecule has 0 spiro atoms. The Morgan fingerprint density at radius 1 is 1.10 bits per heavy atom. The Hall–Kier alpha value is -3.35. The van der Waals surface area contributed by atoms with E-state index in [0.29, 0.717) is 24.3 Å². The van der Waals surface area contributed by atoms with Gasteiger partial charge in [-0.1, -0.05) is 36.4 Å². The van der Waals surface area contributed by atoms with Crippen LogP contribution in [0.3, 0.4) is 0 Å². The first kappa shape index (κ1) is 21.4. The van der Waals surface area contributed by atoms with Crippen molar-refractivity contribution in [3.63, 3.8) is 0 Å². The molecule has 158 valence electrons. The SMILES string of the molecule is COC(=O)[C@H]1C[C@@H](COc2ccc(-c3ccc(C(=N)N)cc3)cc2)N(C(C)=O)C1C. The number of amidine groups is 1. The Labute approximate surface area is 176 Å². The third-order valence-corrected chi connectivity index (χ3v) is 5.63. The van der Waals surface area contributed by atoms with E-state index in [1.165, 1.54) is 14.0 Å². The van der Waals surface area contributed by atoms with Gasteiger partial charge >= 0.3 is 5.97 Å². The predicted octanol–water partition coefficient (Wildman–Crippen LogP) is 2.81. The zero-order valence-electron chi connectivity index (χ0n) is 17.4. The zero-order valence-corrected chi connectivity index (χ0v) is 17.4. The van der Waals surface area contributed by atoms with E-state index in [1.807, 2.05) is 55.5 Å². The highest BCUT2D eigenvalue weighted by Gasteiger charge is 2.44. The van der Waals surface area contributed by atoms with Crippen LogP contribution in [-0.2, 0) is 14.3 Å². The summed E-state index contributed by atoms with van der Waals surface area (Å²) in [5.74, 6) is 0.0217. The minimum atomic E-state index is -0.340. The van der Waals surface area contributed by atoms with Gasteiger partial charge in [0.2, 0.25) is 5.91 Å². The van der Waals surface area contributed by atoms with Crippen LogP contribution in [0.2, 0.25) is 0 Å². The quantitative estimate of drug-likeness (QED) is 0.434. The fourth-order valence-corrected chi connectivity index (χ4v) is 4.05. The number of carbonyl (C=O) groups excluding carboxylic acids is 2. The lowest BCUT2D eigenvalue weighted by molar-refractivity contribution is -0.146. The summed E-state index contributed by atoms with van der Waals surface area (Å²) in [5, 5.41) is 7.47. The van der Waals surface area contributed by atoms with Gasteiger partial charge in [0.25, 0.3) is 0 Å². The minimum Gasteiger partial charge on any atom is -0.491 e. The van der Waals surface area contributed by atoms with E-state index in [0.717, 1.165) is 11.1 Å². The number of nitrogens with one attached hydrogen (secondary N) is 1. The molecule has 7 heteroatoms. The van der Waals surface area contributed by atoms with Gasteiger partial charge in [-0.25, -0.2) is 0 Å². The van der Waals surface area contributed by atoms with E-state index in [4.69, 9.17) is 20.6 Å². The third kappa shape index (κ3) is 4.45. The number of nitrogen functional groups attached to an aromatic ring is 1. The van der Waals surface area contributed by atoms with Crippen LogP contribution in [0, 0.1) is 11.3 Å². The lowest BCUT2D eigenvalue weighted by atomic mass is 10.0. The molecule has 1 unspecified atom stereocenters. The van der Waals surface area contributed by atoms with Gasteiger partial charge in [-0.2, -0.15) is 0 Å². The summed E-state index contributed by atoms with van der Waals surface area (Å²) >= 11 is 0. The summed E-state index contributed by atoms with van der Waals surface area (Å²) < 4.78 is 10.8. The molecule has 1 fully saturated rings.